The van der Waals surface area contributed by atoms with Crippen molar-refractivity contribution >= 4 is 11.6 Å². The molecule has 3 N–H and O–H groups in total. The molecule has 1 aromatic carbocycles. The lowest BCUT2D eigenvalue weighted by Crippen LogP contribution is -2.70. The van der Waals surface area contributed by atoms with Crippen LogP contribution in [-0.4, -0.2) is 67.7 Å². The molecule has 4 fully saturated rings. The zero-order valence-electron chi connectivity index (χ0n) is 24.7. The van der Waals surface area contributed by atoms with E-state index in [0.717, 1.165) is 17.2 Å². The quantitative estimate of drug-likeness (QED) is 0.458. The summed E-state index contributed by atoms with van der Waals surface area (Å²) < 4.78 is 48.2. The highest BCUT2D eigenvalue weighted by Gasteiger charge is 2.80. The van der Waals surface area contributed by atoms with Gasteiger partial charge in [0, 0.05) is 41.2 Å². The van der Waals surface area contributed by atoms with E-state index in [-0.39, 0.29) is 31.4 Å². The molecule has 8 nitrogen and oxygen atoms in total. The molecule has 3 saturated carbocycles. The Bertz CT molecular complexity index is 1570. The minimum absolute atomic E-state index is 0.0343. The molecule has 7 rings (SSSR count). The molecule has 5 aliphatic rings. The minimum Gasteiger partial charge on any atom is -0.392 e. The average molecular weight is 610 g/mol. The number of fused-ring (bicyclic) bond motifs is 7. The van der Waals surface area contributed by atoms with E-state index in [0.29, 0.717) is 12.1 Å². The van der Waals surface area contributed by atoms with Crippen LogP contribution in [0, 0.1) is 22.7 Å². The lowest BCUT2D eigenvalue weighted by Gasteiger charge is -2.63. The first-order valence-corrected chi connectivity index (χ1v) is 15.2. The van der Waals surface area contributed by atoms with Crippen LogP contribution in [0.2, 0.25) is 0 Å². The Balaban J connectivity index is 1.21. The molecule has 0 radical (unpaired) electrons. The molecule has 10 atom stereocenters. The van der Waals surface area contributed by atoms with Gasteiger partial charge in [0.05, 0.1) is 18.8 Å². The number of ether oxygens (including phenoxy) is 2. The number of benzene rings is 1. The molecule has 1 aliphatic heterocycles. The molecule has 44 heavy (non-hydrogen) atoms. The summed E-state index contributed by atoms with van der Waals surface area (Å²) >= 11 is 0. The Labute approximate surface area is 254 Å². The van der Waals surface area contributed by atoms with Crippen LogP contribution in [0.3, 0.4) is 0 Å². The van der Waals surface area contributed by atoms with Gasteiger partial charge in [-0.25, -0.2) is 8.78 Å². The Morgan fingerprint density at radius 2 is 1.82 bits per heavy atom. The van der Waals surface area contributed by atoms with Crippen LogP contribution in [-0.2, 0) is 32.2 Å². The number of aromatic nitrogens is 1. The zero-order chi connectivity index (χ0) is 31.2. The standard InChI is InChI=1S/C34H37F2NO7/c1-31-9-7-22(40)11-25(31)26(35)12-24-23-13-29-34(28(42)18-39,32(23,2)14-27(41)33(24,31)36)44-30(43-29)21-8-10-37(16-21)15-19-3-5-20(17-38)6-4-19/h3-11,16,23-24,26-27,29-30,38-39,41H,12-15,17-18H2,1-2H3/t23-,24-,26-,27-,29+,30+,31-,32-,33-,34+/m0/s1. The second-order valence-corrected chi connectivity index (χ2v) is 13.6. The van der Waals surface area contributed by atoms with Crippen molar-refractivity contribution in [3.63, 3.8) is 0 Å². The van der Waals surface area contributed by atoms with E-state index in [4.69, 9.17) is 9.47 Å². The van der Waals surface area contributed by atoms with E-state index >= 15 is 8.78 Å². The SMILES string of the molecule is C[C@]12C=CC(=O)C=C1[C@@H](F)C[C@H]1[C@@H]3C[C@H]4O[C@@H](c5ccn(Cc6ccc(CO)cc6)c5)O[C@@]4(C(=O)CO)[C@@]3(C)C[C@H](O)[C@@]12F. The first kappa shape index (κ1) is 29.7. The number of Topliss-reactive ketones (excluding diaryl/α,β-unsaturated/α-hetero) is 1. The van der Waals surface area contributed by atoms with Gasteiger partial charge >= 0.3 is 0 Å². The number of carbonyl (C=O) groups excluding carboxylic acids is 2. The monoisotopic (exact) mass is 609 g/mol. The number of aliphatic hydroxyl groups excluding tert-OH is 3. The summed E-state index contributed by atoms with van der Waals surface area (Å²) in [4.78, 5) is 25.8. The van der Waals surface area contributed by atoms with Crippen LogP contribution in [0.25, 0.3) is 0 Å². The summed E-state index contributed by atoms with van der Waals surface area (Å²) in [5.41, 5.74) is -4.16. The van der Waals surface area contributed by atoms with Gasteiger partial charge in [0.2, 0.25) is 0 Å². The van der Waals surface area contributed by atoms with Gasteiger partial charge in [-0.05, 0) is 67.0 Å². The predicted molar refractivity (Wildman–Crippen MR) is 153 cm³/mol. The number of allylic oxidation sites excluding steroid dienone is 4. The Hall–Kier alpha value is -3.02. The molecular weight excluding hydrogens is 572 g/mol. The van der Waals surface area contributed by atoms with Gasteiger partial charge in [0.15, 0.2) is 29.1 Å². The van der Waals surface area contributed by atoms with E-state index in [1.54, 1.807) is 6.92 Å². The van der Waals surface area contributed by atoms with Crippen molar-refractivity contribution in [3.8, 4) is 0 Å². The van der Waals surface area contributed by atoms with Crippen LogP contribution >= 0.6 is 0 Å². The Morgan fingerprint density at radius 3 is 2.52 bits per heavy atom. The molecular formula is C34H37F2NO7. The van der Waals surface area contributed by atoms with Gasteiger partial charge in [-0.1, -0.05) is 37.3 Å². The van der Waals surface area contributed by atoms with E-state index in [1.165, 1.54) is 19.1 Å². The zero-order valence-corrected chi connectivity index (χ0v) is 24.7. The second-order valence-electron chi connectivity index (χ2n) is 13.6. The summed E-state index contributed by atoms with van der Waals surface area (Å²) in [7, 11) is 0. The molecule has 0 unspecified atom stereocenters. The van der Waals surface area contributed by atoms with Crippen LogP contribution in [0.5, 0.6) is 0 Å². The fourth-order valence-corrected chi connectivity index (χ4v) is 9.37. The molecule has 234 valence electrons. The number of carbonyl (C=O) groups is 2. The largest absolute Gasteiger partial charge is 0.392 e. The van der Waals surface area contributed by atoms with Crippen molar-refractivity contribution in [2.24, 2.45) is 22.7 Å². The van der Waals surface area contributed by atoms with Crippen molar-refractivity contribution < 1.29 is 43.2 Å². The van der Waals surface area contributed by atoms with Gasteiger partial charge in [-0.15, -0.1) is 0 Å². The van der Waals surface area contributed by atoms with E-state index < -0.39 is 76.8 Å². The van der Waals surface area contributed by atoms with Crippen molar-refractivity contribution in [3.05, 3.63) is 83.2 Å². The third kappa shape index (κ3) is 3.78. The predicted octanol–water partition coefficient (Wildman–Crippen LogP) is 3.67. The molecule has 2 aromatic rings. The second kappa shape index (κ2) is 9.99. The van der Waals surface area contributed by atoms with Gasteiger partial charge in [0.25, 0.3) is 0 Å². The highest BCUT2D eigenvalue weighted by Crippen LogP contribution is 2.72. The fourth-order valence-electron chi connectivity index (χ4n) is 9.37. The molecule has 0 bridgehead atoms. The number of halogens is 2. The molecule has 1 aromatic heterocycles. The molecule has 4 aliphatic carbocycles. The van der Waals surface area contributed by atoms with Crippen LogP contribution in [0.4, 0.5) is 8.78 Å². The summed E-state index contributed by atoms with van der Waals surface area (Å²) in [5, 5.41) is 31.1. The third-order valence-electron chi connectivity index (χ3n) is 11.5. The number of nitrogens with zero attached hydrogens (tertiary/aromatic N) is 1. The fraction of sp³-hybridized carbons (Fsp3) is 0.529. The first-order valence-electron chi connectivity index (χ1n) is 15.2. The average Bonchev–Trinajstić information content (AvgIpc) is 3.69. The molecule has 0 amide bonds. The van der Waals surface area contributed by atoms with Gasteiger partial charge in [-0.3, -0.25) is 9.59 Å². The van der Waals surface area contributed by atoms with E-state index in [9.17, 15) is 24.9 Å². The van der Waals surface area contributed by atoms with Gasteiger partial charge in [-0.2, -0.15) is 0 Å². The number of ketones is 2. The van der Waals surface area contributed by atoms with Crippen molar-refractivity contribution in [1.29, 1.82) is 0 Å². The number of hydrogen-bond donors (Lipinski definition) is 3. The van der Waals surface area contributed by atoms with Crippen molar-refractivity contribution in [2.45, 2.75) is 82.2 Å². The number of hydrogen-bond acceptors (Lipinski definition) is 7. The first-order chi connectivity index (χ1) is 20.9. The number of aliphatic hydroxyl groups is 3. The molecule has 0 spiro atoms. The number of alkyl halides is 2. The molecule has 2 heterocycles. The van der Waals surface area contributed by atoms with Crippen LogP contribution in [0.1, 0.15) is 56.1 Å². The lowest BCUT2D eigenvalue weighted by molar-refractivity contribution is -0.235. The van der Waals surface area contributed by atoms with E-state index in [1.807, 2.05) is 47.3 Å². The molecule has 1 saturated heterocycles. The normalized spacial score (nSPS) is 42.3. The summed E-state index contributed by atoms with van der Waals surface area (Å²) in [6.45, 7) is 2.98. The highest BCUT2D eigenvalue weighted by molar-refractivity contribution is 6.01. The van der Waals surface area contributed by atoms with Crippen LogP contribution < -0.4 is 0 Å². The lowest BCUT2D eigenvalue weighted by atomic mass is 9.44. The summed E-state index contributed by atoms with van der Waals surface area (Å²) in [6, 6.07) is 9.40. The summed E-state index contributed by atoms with van der Waals surface area (Å²) in [5.74, 6) is -2.63. The topological polar surface area (TPSA) is 118 Å². The highest BCUT2D eigenvalue weighted by atomic mass is 19.1. The summed E-state index contributed by atoms with van der Waals surface area (Å²) in [6.07, 6.45) is 2.24. The smallest absolute Gasteiger partial charge is 0.193 e. The Kier molecular flexibility index (Phi) is 6.74. The maximum Gasteiger partial charge on any atom is 0.193 e. The maximum absolute atomic E-state index is 17.5. The van der Waals surface area contributed by atoms with Crippen molar-refractivity contribution in [1.82, 2.24) is 4.57 Å². The molecule has 10 heteroatoms. The van der Waals surface area contributed by atoms with Crippen LogP contribution in [0.15, 0.2) is 66.5 Å². The van der Waals surface area contributed by atoms with Gasteiger partial charge < -0.3 is 29.4 Å². The third-order valence-corrected chi connectivity index (χ3v) is 11.5. The minimum atomic E-state index is -2.29. The van der Waals surface area contributed by atoms with Gasteiger partial charge in [0.1, 0.15) is 12.8 Å². The van der Waals surface area contributed by atoms with Crippen molar-refractivity contribution in [2.75, 3.05) is 6.61 Å². The Morgan fingerprint density at radius 1 is 1.09 bits per heavy atom. The van der Waals surface area contributed by atoms with E-state index in [2.05, 4.69) is 0 Å². The maximum atomic E-state index is 17.5. The number of rotatable bonds is 6.